The van der Waals surface area contributed by atoms with Crippen LogP contribution in [0, 0.1) is 6.92 Å². The van der Waals surface area contributed by atoms with Gasteiger partial charge >= 0.3 is 0 Å². The first-order valence-electron chi connectivity index (χ1n) is 8.37. The number of H-pyrrole nitrogens is 1. The molecule has 3 N–H and O–H groups in total. The molecule has 0 aliphatic rings. The maximum atomic E-state index is 5.37. The highest BCUT2D eigenvalue weighted by Gasteiger charge is 2.03. The van der Waals surface area contributed by atoms with Crippen LogP contribution in [-0.2, 0) is 13.0 Å². The number of aromatic nitrogens is 2. The van der Waals surface area contributed by atoms with Gasteiger partial charge in [0.05, 0.1) is 19.9 Å². The molecule has 0 spiro atoms. The highest BCUT2D eigenvalue weighted by molar-refractivity contribution is 14.0. The van der Waals surface area contributed by atoms with Gasteiger partial charge in [0.1, 0.15) is 5.75 Å². The fraction of sp³-hybridized carbons (Fsp3) is 0.444. The van der Waals surface area contributed by atoms with Crippen LogP contribution in [0.4, 0.5) is 0 Å². The first-order valence-corrected chi connectivity index (χ1v) is 8.37. The lowest BCUT2D eigenvalue weighted by molar-refractivity contribution is 0.410. The number of benzene rings is 1. The molecule has 0 saturated heterocycles. The quantitative estimate of drug-likeness (QED) is 0.247. The summed E-state index contributed by atoms with van der Waals surface area (Å²) in [6.07, 6.45) is 3.93. The van der Waals surface area contributed by atoms with Gasteiger partial charge in [-0.2, -0.15) is 5.10 Å². The van der Waals surface area contributed by atoms with E-state index in [1.54, 1.807) is 7.11 Å². The molecule has 0 unspecified atom stereocenters. The van der Waals surface area contributed by atoms with Gasteiger partial charge in [-0.15, -0.1) is 24.0 Å². The van der Waals surface area contributed by atoms with Crippen LogP contribution in [-0.4, -0.2) is 36.4 Å². The van der Waals surface area contributed by atoms with Gasteiger partial charge in [0.25, 0.3) is 0 Å². The van der Waals surface area contributed by atoms with Crippen LogP contribution in [0.3, 0.4) is 0 Å². The molecular formula is C18H28IN5O. The minimum Gasteiger partial charge on any atom is -0.496 e. The lowest BCUT2D eigenvalue weighted by Crippen LogP contribution is -2.37. The van der Waals surface area contributed by atoms with Gasteiger partial charge in [0.2, 0.25) is 0 Å². The van der Waals surface area contributed by atoms with Crippen molar-refractivity contribution < 1.29 is 4.74 Å². The SMILES string of the molecule is CCNC(=NCc1ccccc1OC)NCCCc1cn[nH]c1C.I. The van der Waals surface area contributed by atoms with E-state index in [0.717, 1.165) is 48.9 Å². The number of guanidine groups is 1. The molecule has 2 aromatic rings. The highest BCUT2D eigenvalue weighted by Crippen LogP contribution is 2.17. The molecule has 2 rings (SSSR count). The molecule has 7 heteroatoms. The Labute approximate surface area is 166 Å². The third-order valence-corrected chi connectivity index (χ3v) is 3.79. The van der Waals surface area contributed by atoms with E-state index in [4.69, 9.17) is 4.74 Å². The number of nitrogens with zero attached hydrogens (tertiary/aromatic N) is 2. The molecule has 1 heterocycles. The Morgan fingerprint density at radius 3 is 2.72 bits per heavy atom. The molecule has 0 radical (unpaired) electrons. The third kappa shape index (κ3) is 6.93. The molecule has 6 nitrogen and oxygen atoms in total. The van der Waals surface area contributed by atoms with Crippen molar-refractivity contribution in [2.45, 2.75) is 33.2 Å². The van der Waals surface area contributed by atoms with Gasteiger partial charge in [-0.05, 0) is 38.3 Å². The molecule has 0 saturated carbocycles. The second-order valence-electron chi connectivity index (χ2n) is 5.56. The van der Waals surface area contributed by atoms with Crippen LogP contribution in [0.15, 0.2) is 35.5 Å². The summed E-state index contributed by atoms with van der Waals surface area (Å²) in [5.74, 6) is 1.69. The first kappa shape index (κ1) is 21.3. The normalized spacial score (nSPS) is 10.9. The zero-order chi connectivity index (χ0) is 17.2. The fourth-order valence-corrected chi connectivity index (χ4v) is 2.45. The lowest BCUT2D eigenvalue weighted by Gasteiger charge is -2.12. The van der Waals surface area contributed by atoms with Crippen molar-refractivity contribution in [2.24, 2.45) is 4.99 Å². The summed E-state index contributed by atoms with van der Waals surface area (Å²) in [6.45, 7) is 6.39. The monoisotopic (exact) mass is 457 g/mol. The van der Waals surface area contributed by atoms with E-state index in [1.807, 2.05) is 30.5 Å². The summed E-state index contributed by atoms with van der Waals surface area (Å²) in [7, 11) is 1.68. The van der Waals surface area contributed by atoms with Crippen LogP contribution in [0.25, 0.3) is 0 Å². The van der Waals surface area contributed by atoms with Crippen LogP contribution in [0.2, 0.25) is 0 Å². The minimum absolute atomic E-state index is 0. The van der Waals surface area contributed by atoms with Gasteiger partial charge < -0.3 is 15.4 Å². The molecule has 0 aliphatic carbocycles. The summed E-state index contributed by atoms with van der Waals surface area (Å²) < 4.78 is 5.37. The van der Waals surface area contributed by atoms with Crippen molar-refractivity contribution in [3.63, 3.8) is 0 Å². The van der Waals surface area contributed by atoms with Crippen molar-refractivity contribution in [1.82, 2.24) is 20.8 Å². The summed E-state index contributed by atoms with van der Waals surface area (Å²) in [6, 6.07) is 7.96. The molecular weight excluding hydrogens is 429 g/mol. The summed E-state index contributed by atoms with van der Waals surface area (Å²) >= 11 is 0. The van der Waals surface area contributed by atoms with Crippen molar-refractivity contribution in [3.8, 4) is 5.75 Å². The predicted octanol–water partition coefficient (Wildman–Crippen LogP) is 3.03. The Kier molecular flexibility index (Phi) is 9.98. The number of aliphatic imine (C=N–C) groups is 1. The number of halogens is 1. The number of rotatable bonds is 8. The molecule has 138 valence electrons. The topological polar surface area (TPSA) is 74.3 Å². The number of ether oxygens (including phenoxy) is 1. The van der Waals surface area contributed by atoms with Gasteiger partial charge in [-0.3, -0.25) is 5.10 Å². The summed E-state index contributed by atoms with van der Waals surface area (Å²) in [5, 5.41) is 13.7. The minimum atomic E-state index is 0. The number of nitrogens with one attached hydrogen (secondary N) is 3. The van der Waals surface area contributed by atoms with Gasteiger partial charge in [-0.25, -0.2) is 4.99 Å². The second-order valence-corrected chi connectivity index (χ2v) is 5.56. The molecule has 1 aromatic heterocycles. The summed E-state index contributed by atoms with van der Waals surface area (Å²) in [4.78, 5) is 4.64. The Morgan fingerprint density at radius 1 is 1.24 bits per heavy atom. The van der Waals surface area contributed by atoms with E-state index in [9.17, 15) is 0 Å². The van der Waals surface area contributed by atoms with Crippen LogP contribution < -0.4 is 15.4 Å². The van der Waals surface area contributed by atoms with E-state index in [-0.39, 0.29) is 24.0 Å². The van der Waals surface area contributed by atoms with Gasteiger partial charge in [0, 0.05) is 24.3 Å². The standard InChI is InChI=1S/C18H27N5O.HI/c1-4-19-18(20-11-7-9-15-13-22-23-14(15)2)21-12-16-8-5-6-10-17(16)24-3;/h5-6,8,10,13H,4,7,9,11-12H2,1-3H3,(H,22,23)(H2,19,20,21);1H. The maximum absolute atomic E-state index is 5.37. The Hall–Kier alpha value is -1.77. The van der Waals surface area contributed by atoms with Crippen molar-refractivity contribution in [3.05, 3.63) is 47.3 Å². The maximum Gasteiger partial charge on any atom is 0.191 e. The largest absolute Gasteiger partial charge is 0.496 e. The average Bonchev–Trinajstić information content (AvgIpc) is 3.01. The van der Waals surface area contributed by atoms with Gasteiger partial charge in [-0.1, -0.05) is 18.2 Å². The molecule has 25 heavy (non-hydrogen) atoms. The molecule has 0 fully saturated rings. The number of aryl methyl sites for hydroxylation is 2. The zero-order valence-electron chi connectivity index (χ0n) is 15.1. The zero-order valence-corrected chi connectivity index (χ0v) is 17.5. The average molecular weight is 457 g/mol. The van der Waals surface area contributed by atoms with E-state index < -0.39 is 0 Å². The predicted molar refractivity (Wildman–Crippen MR) is 113 cm³/mol. The van der Waals surface area contributed by atoms with E-state index in [0.29, 0.717) is 6.54 Å². The fourth-order valence-electron chi connectivity index (χ4n) is 2.45. The number of para-hydroxylation sites is 1. The summed E-state index contributed by atoms with van der Waals surface area (Å²) in [5.41, 5.74) is 3.49. The van der Waals surface area contributed by atoms with Crippen LogP contribution in [0.1, 0.15) is 30.2 Å². The van der Waals surface area contributed by atoms with Crippen LogP contribution >= 0.6 is 24.0 Å². The Morgan fingerprint density at radius 2 is 2.04 bits per heavy atom. The third-order valence-electron chi connectivity index (χ3n) is 3.79. The lowest BCUT2D eigenvalue weighted by atomic mass is 10.1. The highest BCUT2D eigenvalue weighted by atomic mass is 127. The smallest absolute Gasteiger partial charge is 0.191 e. The Bertz CT molecular complexity index is 656. The van der Waals surface area contributed by atoms with Gasteiger partial charge in [0.15, 0.2) is 5.96 Å². The molecule has 0 amide bonds. The molecule has 0 bridgehead atoms. The molecule has 0 atom stereocenters. The second kappa shape index (κ2) is 11.7. The number of aromatic amines is 1. The number of hydrogen-bond donors (Lipinski definition) is 3. The first-order chi connectivity index (χ1) is 11.7. The van der Waals surface area contributed by atoms with Crippen molar-refractivity contribution >= 4 is 29.9 Å². The molecule has 1 aromatic carbocycles. The van der Waals surface area contributed by atoms with E-state index in [1.165, 1.54) is 5.56 Å². The number of methoxy groups -OCH3 is 1. The van der Waals surface area contributed by atoms with E-state index >= 15 is 0 Å². The Balaban J connectivity index is 0.00000312. The van der Waals surface area contributed by atoms with E-state index in [2.05, 4.69) is 39.7 Å². The van der Waals surface area contributed by atoms with Crippen molar-refractivity contribution in [2.75, 3.05) is 20.2 Å². The number of hydrogen-bond acceptors (Lipinski definition) is 3. The molecule has 0 aliphatic heterocycles. The van der Waals surface area contributed by atoms with Crippen LogP contribution in [0.5, 0.6) is 5.75 Å². The van der Waals surface area contributed by atoms with Crippen molar-refractivity contribution in [1.29, 1.82) is 0 Å².